The molecule has 1 fully saturated rings. The molecule has 1 N–H and O–H groups in total. The number of para-hydroxylation sites is 1. The summed E-state index contributed by atoms with van der Waals surface area (Å²) in [4.78, 5) is 28.9. The van der Waals surface area contributed by atoms with Crippen LogP contribution in [-0.2, 0) is 0 Å². The summed E-state index contributed by atoms with van der Waals surface area (Å²) in [5, 5.41) is 3.03. The molecule has 28 heavy (non-hydrogen) atoms. The standard InChI is InChI=1S/C22H26FN3O2/c1-3-25(2)22(28)19-6-4-5-7-20(19)26-14-12-18(13-15-26)24-21(27)16-8-10-17(23)11-9-16/h4-11,18H,3,12-15H2,1-2H3,(H,24,27). The van der Waals surface area contributed by atoms with Gasteiger partial charge in [-0.25, -0.2) is 4.39 Å². The van der Waals surface area contributed by atoms with E-state index in [1.165, 1.54) is 24.3 Å². The second-order valence-electron chi connectivity index (χ2n) is 7.08. The van der Waals surface area contributed by atoms with Gasteiger partial charge in [0.2, 0.25) is 0 Å². The summed E-state index contributed by atoms with van der Waals surface area (Å²) in [5.41, 5.74) is 2.11. The van der Waals surface area contributed by atoms with Crippen LogP contribution >= 0.6 is 0 Å². The Hall–Kier alpha value is -2.89. The Morgan fingerprint density at radius 3 is 2.39 bits per heavy atom. The fourth-order valence-corrected chi connectivity index (χ4v) is 3.41. The maximum absolute atomic E-state index is 13.0. The van der Waals surface area contributed by atoms with Gasteiger partial charge in [-0.15, -0.1) is 0 Å². The molecule has 0 unspecified atom stereocenters. The van der Waals surface area contributed by atoms with Crippen LogP contribution in [0.25, 0.3) is 0 Å². The lowest BCUT2D eigenvalue weighted by Gasteiger charge is -2.35. The smallest absolute Gasteiger partial charge is 0.255 e. The summed E-state index contributed by atoms with van der Waals surface area (Å²) in [6.45, 7) is 4.13. The second kappa shape index (κ2) is 8.87. The van der Waals surface area contributed by atoms with Crippen LogP contribution in [0.3, 0.4) is 0 Å². The lowest BCUT2D eigenvalue weighted by atomic mass is 10.0. The summed E-state index contributed by atoms with van der Waals surface area (Å²) < 4.78 is 13.0. The van der Waals surface area contributed by atoms with E-state index in [0.717, 1.165) is 31.6 Å². The third kappa shape index (κ3) is 4.50. The zero-order chi connectivity index (χ0) is 20.1. The van der Waals surface area contributed by atoms with Gasteiger partial charge in [-0.1, -0.05) is 12.1 Å². The first-order valence-electron chi connectivity index (χ1n) is 9.65. The zero-order valence-electron chi connectivity index (χ0n) is 16.3. The van der Waals surface area contributed by atoms with Crippen molar-refractivity contribution >= 4 is 17.5 Å². The number of hydrogen-bond donors (Lipinski definition) is 1. The van der Waals surface area contributed by atoms with Crippen molar-refractivity contribution < 1.29 is 14.0 Å². The monoisotopic (exact) mass is 383 g/mol. The van der Waals surface area contributed by atoms with E-state index in [4.69, 9.17) is 0 Å². The van der Waals surface area contributed by atoms with Crippen LogP contribution in [0.4, 0.5) is 10.1 Å². The van der Waals surface area contributed by atoms with Crippen molar-refractivity contribution in [1.29, 1.82) is 0 Å². The van der Waals surface area contributed by atoms with Crippen LogP contribution in [-0.4, -0.2) is 49.4 Å². The maximum Gasteiger partial charge on any atom is 0.255 e. The molecule has 2 amide bonds. The minimum Gasteiger partial charge on any atom is -0.371 e. The number of piperidine rings is 1. The van der Waals surface area contributed by atoms with Crippen LogP contribution in [0.5, 0.6) is 0 Å². The van der Waals surface area contributed by atoms with Crippen molar-refractivity contribution in [2.24, 2.45) is 0 Å². The number of carbonyl (C=O) groups excluding carboxylic acids is 2. The Bertz CT molecular complexity index is 830. The van der Waals surface area contributed by atoms with Gasteiger partial charge in [-0.05, 0) is 56.2 Å². The van der Waals surface area contributed by atoms with E-state index in [1.54, 1.807) is 11.9 Å². The molecule has 1 heterocycles. The quantitative estimate of drug-likeness (QED) is 0.862. The Balaban J connectivity index is 1.62. The van der Waals surface area contributed by atoms with Crippen LogP contribution in [0.1, 0.15) is 40.5 Å². The predicted octanol–water partition coefficient (Wildman–Crippen LogP) is 3.32. The van der Waals surface area contributed by atoms with Crippen LogP contribution < -0.4 is 10.2 Å². The van der Waals surface area contributed by atoms with Crippen molar-refractivity contribution in [3.63, 3.8) is 0 Å². The third-order valence-corrected chi connectivity index (χ3v) is 5.23. The van der Waals surface area contributed by atoms with Crippen molar-refractivity contribution in [2.75, 3.05) is 31.6 Å². The topological polar surface area (TPSA) is 52.7 Å². The first-order chi connectivity index (χ1) is 13.5. The molecule has 6 heteroatoms. The summed E-state index contributed by atoms with van der Waals surface area (Å²) in [6, 6.07) is 13.3. The Morgan fingerprint density at radius 1 is 1.11 bits per heavy atom. The Morgan fingerprint density at radius 2 is 1.75 bits per heavy atom. The van der Waals surface area contributed by atoms with Crippen LogP contribution in [0, 0.1) is 5.82 Å². The molecule has 2 aromatic carbocycles. The predicted molar refractivity (Wildman–Crippen MR) is 108 cm³/mol. The number of anilines is 1. The SMILES string of the molecule is CCN(C)C(=O)c1ccccc1N1CCC(NC(=O)c2ccc(F)cc2)CC1. The molecule has 148 valence electrons. The molecule has 3 rings (SSSR count). The van der Waals surface area contributed by atoms with Gasteiger partial charge in [-0.3, -0.25) is 9.59 Å². The van der Waals surface area contributed by atoms with Gasteiger partial charge in [0.15, 0.2) is 0 Å². The molecule has 0 atom stereocenters. The first-order valence-corrected chi connectivity index (χ1v) is 9.65. The molecule has 0 spiro atoms. The molecule has 0 saturated carbocycles. The largest absolute Gasteiger partial charge is 0.371 e. The number of hydrogen-bond acceptors (Lipinski definition) is 3. The highest BCUT2D eigenvalue weighted by Gasteiger charge is 2.24. The summed E-state index contributed by atoms with van der Waals surface area (Å²) >= 11 is 0. The third-order valence-electron chi connectivity index (χ3n) is 5.23. The minimum atomic E-state index is -0.355. The number of nitrogens with zero attached hydrogens (tertiary/aromatic N) is 2. The summed E-state index contributed by atoms with van der Waals surface area (Å²) in [6.07, 6.45) is 1.58. The van der Waals surface area contributed by atoms with E-state index < -0.39 is 0 Å². The molecule has 0 radical (unpaired) electrons. The Labute approximate surface area is 165 Å². The van der Waals surface area contributed by atoms with Crippen molar-refractivity contribution in [3.8, 4) is 0 Å². The van der Waals surface area contributed by atoms with Gasteiger partial charge in [0, 0.05) is 44.0 Å². The van der Waals surface area contributed by atoms with E-state index in [1.807, 2.05) is 31.2 Å². The number of amides is 2. The lowest BCUT2D eigenvalue weighted by molar-refractivity contribution is 0.0802. The molecule has 1 saturated heterocycles. The first kappa shape index (κ1) is 19.9. The van der Waals surface area contributed by atoms with E-state index in [0.29, 0.717) is 17.7 Å². The maximum atomic E-state index is 13.0. The van der Waals surface area contributed by atoms with Gasteiger partial charge in [0.1, 0.15) is 5.82 Å². The van der Waals surface area contributed by atoms with Gasteiger partial charge in [0.25, 0.3) is 11.8 Å². The lowest BCUT2D eigenvalue weighted by Crippen LogP contribution is -2.45. The minimum absolute atomic E-state index is 0.0184. The average Bonchev–Trinajstić information content (AvgIpc) is 2.73. The molecule has 1 aliphatic rings. The van der Waals surface area contributed by atoms with Gasteiger partial charge in [-0.2, -0.15) is 0 Å². The fraction of sp³-hybridized carbons (Fsp3) is 0.364. The fourth-order valence-electron chi connectivity index (χ4n) is 3.41. The van der Waals surface area contributed by atoms with E-state index in [2.05, 4.69) is 10.2 Å². The molecule has 0 bridgehead atoms. The van der Waals surface area contributed by atoms with Crippen molar-refractivity contribution in [2.45, 2.75) is 25.8 Å². The second-order valence-corrected chi connectivity index (χ2v) is 7.08. The van der Waals surface area contributed by atoms with Gasteiger partial charge >= 0.3 is 0 Å². The zero-order valence-corrected chi connectivity index (χ0v) is 16.3. The number of benzene rings is 2. The highest BCUT2D eigenvalue weighted by molar-refractivity contribution is 5.99. The molecule has 5 nitrogen and oxygen atoms in total. The summed E-state index contributed by atoms with van der Waals surface area (Å²) in [7, 11) is 1.80. The molecule has 1 aliphatic heterocycles. The molecular formula is C22H26FN3O2. The highest BCUT2D eigenvalue weighted by Crippen LogP contribution is 2.25. The van der Waals surface area contributed by atoms with E-state index in [9.17, 15) is 14.0 Å². The Kier molecular flexibility index (Phi) is 6.29. The van der Waals surface area contributed by atoms with Crippen molar-refractivity contribution in [1.82, 2.24) is 10.2 Å². The number of carbonyl (C=O) groups is 2. The van der Waals surface area contributed by atoms with Crippen LogP contribution in [0.2, 0.25) is 0 Å². The normalized spacial score (nSPS) is 14.6. The number of halogens is 1. The van der Waals surface area contributed by atoms with Crippen molar-refractivity contribution in [3.05, 3.63) is 65.5 Å². The van der Waals surface area contributed by atoms with E-state index >= 15 is 0 Å². The van der Waals surface area contributed by atoms with Crippen LogP contribution in [0.15, 0.2) is 48.5 Å². The summed E-state index contributed by atoms with van der Waals surface area (Å²) in [5.74, 6) is -0.518. The number of rotatable bonds is 5. The highest BCUT2D eigenvalue weighted by atomic mass is 19.1. The molecular weight excluding hydrogens is 357 g/mol. The number of nitrogens with one attached hydrogen (secondary N) is 1. The average molecular weight is 383 g/mol. The van der Waals surface area contributed by atoms with Gasteiger partial charge in [0.05, 0.1) is 5.56 Å². The molecule has 0 aliphatic carbocycles. The van der Waals surface area contributed by atoms with Gasteiger partial charge < -0.3 is 15.1 Å². The molecule has 0 aromatic heterocycles. The van der Waals surface area contributed by atoms with E-state index in [-0.39, 0.29) is 23.7 Å². The molecule has 2 aromatic rings.